The molecule has 0 radical (unpaired) electrons. The first-order chi connectivity index (χ1) is 19.8. The summed E-state index contributed by atoms with van der Waals surface area (Å²) in [6.07, 6.45) is -4.66. The molecule has 0 fully saturated rings. The molecule has 12 nitrogen and oxygen atoms in total. The van der Waals surface area contributed by atoms with Gasteiger partial charge in [-0.3, -0.25) is 9.59 Å². The van der Waals surface area contributed by atoms with Gasteiger partial charge < -0.3 is 10.6 Å². The second-order valence-electron chi connectivity index (χ2n) is 8.61. The number of aryl methyl sites for hydroxylation is 1. The number of halogens is 6. The summed E-state index contributed by atoms with van der Waals surface area (Å²) in [5.74, 6) is -8.70. The van der Waals surface area contributed by atoms with E-state index in [0.717, 1.165) is 10.7 Å². The van der Waals surface area contributed by atoms with Crippen molar-refractivity contribution in [2.75, 3.05) is 11.9 Å². The van der Waals surface area contributed by atoms with Crippen LogP contribution in [0.25, 0.3) is 5.82 Å². The van der Waals surface area contributed by atoms with Gasteiger partial charge in [-0.25, -0.2) is 14.3 Å². The second kappa shape index (κ2) is 11.5. The van der Waals surface area contributed by atoms with Crippen molar-refractivity contribution in [3.05, 3.63) is 75.5 Å². The molecule has 1 aromatic carbocycles. The largest absolute Gasteiger partial charge is 0.461 e. The van der Waals surface area contributed by atoms with Crippen molar-refractivity contribution in [2.45, 2.75) is 32.5 Å². The molecule has 2 amide bonds. The molecule has 0 aliphatic heterocycles. The summed E-state index contributed by atoms with van der Waals surface area (Å²) in [5.41, 5.74) is 0.0589. The summed E-state index contributed by atoms with van der Waals surface area (Å²) in [5, 5.41) is 27.7. The first-order valence-electron chi connectivity index (χ1n) is 11.8. The number of nitrogens with one attached hydrogen (secondary N) is 2. The van der Waals surface area contributed by atoms with E-state index in [9.17, 15) is 36.8 Å². The Balaban J connectivity index is 1.79. The molecule has 0 bridgehead atoms. The maximum absolute atomic E-state index is 14.0. The first-order valence-corrected chi connectivity index (χ1v) is 12.2. The number of carbonyl (C=O) groups excluding carboxylic acids is 2. The van der Waals surface area contributed by atoms with Crippen LogP contribution >= 0.6 is 11.6 Å². The third-order valence-corrected chi connectivity index (χ3v) is 5.99. The summed E-state index contributed by atoms with van der Waals surface area (Å²) in [4.78, 5) is 30.4. The monoisotopic (exact) mass is 608 g/mol. The quantitative estimate of drug-likeness (QED) is 0.286. The molecule has 42 heavy (non-hydrogen) atoms. The van der Waals surface area contributed by atoms with E-state index in [4.69, 9.17) is 11.6 Å². The average molecular weight is 609 g/mol. The Morgan fingerprint density at radius 2 is 1.88 bits per heavy atom. The molecule has 2 N–H and O–H groups in total. The number of rotatable bonds is 8. The van der Waals surface area contributed by atoms with E-state index in [-0.39, 0.29) is 50.3 Å². The Hall–Kier alpha value is -4.98. The van der Waals surface area contributed by atoms with E-state index in [1.54, 1.807) is 13.8 Å². The van der Waals surface area contributed by atoms with Crippen molar-refractivity contribution in [2.24, 2.45) is 0 Å². The van der Waals surface area contributed by atoms with E-state index < -0.39 is 36.3 Å². The standard InChI is InChI=1S/C24H18ClF5N10O2/c1-3-32-20(41)15-8-13(10-31)7-12(2)18(15)34-21(42)17-9-14(36-40(17)19-16(25)5-4-6-33-19)11-39-22(35-37-38-39)23(26,27)24(28,29)30/h4-9H,3,11H2,1-2H3,(H,32,41)(H,34,42). The van der Waals surface area contributed by atoms with E-state index >= 15 is 0 Å². The fourth-order valence-electron chi connectivity index (χ4n) is 3.81. The number of anilines is 1. The van der Waals surface area contributed by atoms with E-state index in [0.29, 0.717) is 5.56 Å². The van der Waals surface area contributed by atoms with Gasteiger partial charge in [0.1, 0.15) is 5.69 Å². The third kappa shape index (κ3) is 5.74. The van der Waals surface area contributed by atoms with Crippen LogP contribution in [0.3, 0.4) is 0 Å². The normalized spacial score (nSPS) is 11.7. The smallest absolute Gasteiger partial charge is 0.352 e. The number of alkyl halides is 5. The number of amides is 2. The lowest BCUT2D eigenvalue weighted by molar-refractivity contribution is -0.293. The van der Waals surface area contributed by atoms with Gasteiger partial charge >= 0.3 is 12.1 Å². The summed E-state index contributed by atoms with van der Waals surface area (Å²) >= 11 is 6.24. The molecule has 4 rings (SSSR count). The second-order valence-corrected chi connectivity index (χ2v) is 9.02. The molecule has 4 aromatic rings. The number of pyridine rings is 1. The lowest BCUT2D eigenvalue weighted by Crippen LogP contribution is -2.36. The van der Waals surface area contributed by atoms with Crippen LogP contribution in [0.4, 0.5) is 27.6 Å². The van der Waals surface area contributed by atoms with Crippen LogP contribution in [0.1, 0.15) is 50.4 Å². The van der Waals surface area contributed by atoms with Crippen molar-refractivity contribution in [1.29, 1.82) is 5.26 Å². The number of benzene rings is 1. The zero-order valence-corrected chi connectivity index (χ0v) is 22.3. The minimum Gasteiger partial charge on any atom is -0.352 e. The van der Waals surface area contributed by atoms with Crippen LogP contribution in [0, 0.1) is 18.3 Å². The van der Waals surface area contributed by atoms with E-state index in [1.807, 2.05) is 6.07 Å². The lowest BCUT2D eigenvalue weighted by Gasteiger charge is -2.18. The molecule has 0 aliphatic rings. The number of nitriles is 1. The Bertz CT molecular complexity index is 1710. The van der Waals surface area contributed by atoms with Gasteiger partial charge in [-0.1, -0.05) is 11.6 Å². The molecule has 3 aromatic heterocycles. The Morgan fingerprint density at radius 3 is 2.52 bits per heavy atom. The van der Waals surface area contributed by atoms with Gasteiger partial charge in [0.05, 0.1) is 40.1 Å². The number of hydrogen-bond donors (Lipinski definition) is 2. The molecule has 0 unspecified atom stereocenters. The predicted octanol–water partition coefficient (Wildman–Crippen LogP) is 3.79. The first kappa shape index (κ1) is 30.0. The van der Waals surface area contributed by atoms with Gasteiger partial charge in [0.15, 0.2) is 5.82 Å². The summed E-state index contributed by atoms with van der Waals surface area (Å²) < 4.78 is 68.1. The number of carbonyl (C=O) groups is 2. The predicted molar refractivity (Wildman–Crippen MR) is 135 cm³/mol. The summed E-state index contributed by atoms with van der Waals surface area (Å²) in [7, 11) is 0. The topological polar surface area (TPSA) is 156 Å². The highest BCUT2D eigenvalue weighted by Gasteiger charge is 2.62. The molecule has 3 heterocycles. The summed E-state index contributed by atoms with van der Waals surface area (Å²) in [6.45, 7) is 2.68. The molecular formula is C24H18ClF5N10O2. The van der Waals surface area contributed by atoms with Crippen LogP contribution in [0.5, 0.6) is 0 Å². The molecule has 0 saturated heterocycles. The van der Waals surface area contributed by atoms with Crippen LogP contribution in [-0.4, -0.2) is 59.5 Å². The van der Waals surface area contributed by atoms with Gasteiger partial charge in [0.2, 0.25) is 5.82 Å². The average Bonchev–Trinajstić information content (AvgIpc) is 3.57. The number of tetrazole rings is 1. The lowest BCUT2D eigenvalue weighted by atomic mass is 10.0. The fourth-order valence-corrected chi connectivity index (χ4v) is 4.01. The highest BCUT2D eigenvalue weighted by atomic mass is 35.5. The Morgan fingerprint density at radius 1 is 1.14 bits per heavy atom. The highest BCUT2D eigenvalue weighted by molar-refractivity contribution is 6.32. The minimum atomic E-state index is -5.98. The van der Waals surface area contributed by atoms with Gasteiger partial charge in [-0.2, -0.15) is 32.3 Å². The minimum absolute atomic E-state index is 0.0170. The van der Waals surface area contributed by atoms with E-state index in [1.165, 1.54) is 30.5 Å². The van der Waals surface area contributed by atoms with E-state index in [2.05, 4.69) is 36.2 Å². The summed E-state index contributed by atoms with van der Waals surface area (Å²) in [6, 6.07) is 8.65. The molecular weight excluding hydrogens is 591 g/mol. The van der Waals surface area contributed by atoms with Gasteiger partial charge in [0, 0.05) is 12.7 Å². The molecule has 0 spiro atoms. The van der Waals surface area contributed by atoms with Gasteiger partial charge in [-0.05, 0) is 60.2 Å². The van der Waals surface area contributed by atoms with Crippen LogP contribution in [0.15, 0.2) is 36.5 Å². The maximum Gasteiger partial charge on any atom is 0.461 e. The number of aromatic nitrogens is 7. The SMILES string of the molecule is CCNC(=O)c1cc(C#N)cc(C)c1NC(=O)c1cc(Cn2nnnc2C(F)(F)C(F)(F)F)nn1-c1ncccc1Cl. The van der Waals surface area contributed by atoms with Crippen molar-refractivity contribution < 1.29 is 31.5 Å². The molecule has 218 valence electrons. The van der Waals surface area contributed by atoms with Gasteiger partial charge in [-0.15, -0.1) is 5.10 Å². The van der Waals surface area contributed by atoms with Crippen molar-refractivity contribution in [3.63, 3.8) is 0 Å². The van der Waals surface area contributed by atoms with Crippen LogP contribution in [0.2, 0.25) is 5.02 Å². The third-order valence-electron chi connectivity index (χ3n) is 5.70. The van der Waals surface area contributed by atoms with Gasteiger partial charge in [0.25, 0.3) is 11.8 Å². The Kier molecular flexibility index (Phi) is 8.20. The van der Waals surface area contributed by atoms with Crippen LogP contribution < -0.4 is 10.6 Å². The molecule has 0 aliphatic carbocycles. The molecule has 18 heteroatoms. The number of hydrogen-bond acceptors (Lipinski definition) is 8. The number of nitrogens with zero attached hydrogens (tertiary/aromatic N) is 8. The molecule has 0 saturated carbocycles. The van der Waals surface area contributed by atoms with Crippen molar-refractivity contribution >= 4 is 29.1 Å². The fraction of sp³-hybridized carbons (Fsp3) is 0.250. The zero-order chi connectivity index (χ0) is 30.8. The Labute approximate surface area is 238 Å². The van der Waals surface area contributed by atoms with Crippen LogP contribution in [-0.2, 0) is 12.5 Å². The zero-order valence-electron chi connectivity index (χ0n) is 21.5. The van der Waals surface area contributed by atoms with Crippen molar-refractivity contribution in [3.8, 4) is 11.9 Å². The maximum atomic E-state index is 14.0. The molecule has 0 atom stereocenters. The van der Waals surface area contributed by atoms with Crippen molar-refractivity contribution in [1.82, 2.24) is 40.3 Å². The highest BCUT2D eigenvalue weighted by Crippen LogP contribution is 2.42.